The van der Waals surface area contributed by atoms with Crippen molar-refractivity contribution in [2.75, 3.05) is 11.9 Å². The summed E-state index contributed by atoms with van der Waals surface area (Å²) >= 11 is 3.22. The predicted molar refractivity (Wildman–Crippen MR) is 63.6 cm³/mol. The highest BCUT2D eigenvalue weighted by Gasteiger charge is 2.11. The largest absolute Gasteiger partial charge is 0.318 e. The summed E-state index contributed by atoms with van der Waals surface area (Å²) in [5.74, 6) is 0.0373. The number of nitrogens with zero attached hydrogens (tertiary/aromatic N) is 1. The summed E-state index contributed by atoms with van der Waals surface area (Å²) in [6.45, 7) is 1.79. The predicted octanol–water partition coefficient (Wildman–Crippen LogP) is 2.25. The zero-order chi connectivity index (χ0) is 11.4. The van der Waals surface area contributed by atoms with Crippen molar-refractivity contribution in [2.24, 2.45) is 0 Å². The number of hydrogen-bond donors (Lipinski definition) is 0. The van der Waals surface area contributed by atoms with Gasteiger partial charge in [0.2, 0.25) is 6.41 Å². The fraction of sp³-hybridized carbons (Fsp3) is 0.273. The average Bonchev–Trinajstić information content (AvgIpc) is 2.27. The van der Waals surface area contributed by atoms with E-state index in [9.17, 15) is 9.59 Å². The first-order chi connectivity index (χ1) is 7.06. The number of carbonyl (C=O) groups is 2. The molecule has 0 heterocycles. The molecule has 0 fully saturated rings. The summed E-state index contributed by atoms with van der Waals surface area (Å²) in [7, 11) is 1.66. The molecular weight excluding hydrogens is 258 g/mol. The average molecular weight is 270 g/mol. The highest BCUT2D eigenvalue weighted by molar-refractivity contribution is 9.10. The zero-order valence-electron chi connectivity index (χ0n) is 8.61. The normalized spacial score (nSPS) is 11.9. The van der Waals surface area contributed by atoms with E-state index in [0.717, 1.165) is 12.1 Å². The van der Waals surface area contributed by atoms with Gasteiger partial charge in [-0.15, -0.1) is 0 Å². The molecule has 3 nitrogen and oxygen atoms in total. The van der Waals surface area contributed by atoms with Gasteiger partial charge in [0, 0.05) is 18.3 Å². The van der Waals surface area contributed by atoms with Crippen LogP contribution in [0.2, 0.25) is 0 Å². The third-order valence-corrected chi connectivity index (χ3v) is 2.49. The molecular formula is C11H12BrNO2. The minimum absolute atomic E-state index is 0.0373. The van der Waals surface area contributed by atoms with E-state index >= 15 is 0 Å². The topological polar surface area (TPSA) is 37.4 Å². The SMILES string of the molecule is CC(Br)C(=O)c1ccc(N(C)C=O)cc1. The van der Waals surface area contributed by atoms with Crippen molar-refractivity contribution < 1.29 is 9.59 Å². The Bertz CT molecular complexity index is 359. The number of ketones is 1. The van der Waals surface area contributed by atoms with Crippen molar-refractivity contribution in [2.45, 2.75) is 11.8 Å². The molecule has 0 spiro atoms. The molecule has 1 amide bonds. The quantitative estimate of drug-likeness (QED) is 0.478. The molecule has 0 radical (unpaired) electrons. The van der Waals surface area contributed by atoms with Crippen LogP contribution in [0, 0.1) is 0 Å². The third kappa shape index (κ3) is 2.89. The number of amides is 1. The van der Waals surface area contributed by atoms with Crippen molar-refractivity contribution in [3.8, 4) is 0 Å². The number of hydrogen-bond acceptors (Lipinski definition) is 2. The van der Waals surface area contributed by atoms with Crippen molar-refractivity contribution in [3.63, 3.8) is 0 Å². The maximum absolute atomic E-state index is 11.6. The van der Waals surface area contributed by atoms with Crippen LogP contribution >= 0.6 is 15.9 Å². The van der Waals surface area contributed by atoms with Gasteiger partial charge in [0.15, 0.2) is 5.78 Å². The number of benzene rings is 1. The van der Waals surface area contributed by atoms with Gasteiger partial charge in [-0.2, -0.15) is 0 Å². The van der Waals surface area contributed by atoms with E-state index < -0.39 is 0 Å². The fourth-order valence-electron chi connectivity index (χ4n) is 1.15. The molecule has 0 bridgehead atoms. The summed E-state index contributed by atoms with van der Waals surface area (Å²) in [5.41, 5.74) is 1.41. The molecule has 1 atom stereocenters. The first kappa shape index (κ1) is 11.9. The number of rotatable bonds is 4. The molecule has 4 heteroatoms. The molecule has 0 saturated heterocycles. The molecule has 80 valence electrons. The maximum Gasteiger partial charge on any atom is 0.213 e. The Kier molecular flexibility index (Phi) is 4.03. The molecule has 1 aromatic carbocycles. The molecule has 1 unspecified atom stereocenters. The molecule has 15 heavy (non-hydrogen) atoms. The molecule has 0 aromatic heterocycles. The van der Waals surface area contributed by atoms with Gasteiger partial charge in [-0.05, 0) is 31.2 Å². The molecule has 0 aliphatic rings. The Hall–Kier alpha value is -1.16. The third-order valence-electron chi connectivity index (χ3n) is 2.08. The van der Waals surface area contributed by atoms with Crippen molar-refractivity contribution in [1.82, 2.24) is 0 Å². The van der Waals surface area contributed by atoms with Gasteiger partial charge in [-0.3, -0.25) is 9.59 Å². The lowest BCUT2D eigenvalue weighted by Crippen LogP contribution is -2.14. The lowest BCUT2D eigenvalue weighted by molar-refractivity contribution is -0.107. The highest BCUT2D eigenvalue weighted by Crippen LogP contribution is 2.15. The van der Waals surface area contributed by atoms with Crippen LogP contribution in [0.4, 0.5) is 5.69 Å². The lowest BCUT2D eigenvalue weighted by Gasteiger charge is -2.11. The summed E-state index contributed by atoms with van der Waals surface area (Å²) < 4.78 is 0. The van der Waals surface area contributed by atoms with E-state index in [-0.39, 0.29) is 10.6 Å². The molecule has 1 rings (SSSR count). The Morgan fingerprint density at radius 2 is 1.93 bits per heavy atom. The molecule has 1 aromatic rings. The van der Waals surface area contributed by atoms with Crippen LogP contribution in [0.5, 0.6) is 0 Å². The smallest absolute Gasteiger partial charge is 0.213 e. The van der Waals surface area contributed by atoms with Crippen LogP contribution in [0.1, 0.15) is 17.3 Å². The van der Waals surface area contributed by atoms with Gasteiger partial charge in [-0.25, -0.2) is 0 Å². The van der Waals surface area contributed by atoms with Gasteiger partial charge in [0.05, 0.1) is 4.83 Å². The second kappa shape index (κ2) is 5.07. The monoisotopic (exact) mass is 269 g/mol. The number of alkyl halides is 1. The molecule has 0 N–H and O–H groups in total. The summed E-state index contributed by atoms with van der Waals surface area (Å²) in [4.78, 5) is 23.3. The van der Waals surface area contributed by atoms with Crippen LogP contribution in [0.25, 0.3) is 0 Å². The number of halogens is 1. The first-order valence-corrected chi connectivity index (χ1v) is 5.44. The molecule has 0 aliphatic heterocycles. The maximum atomic E-state index is 11.6. The van der Waals surface area contributed by atoms with Crippen LogP contribution in [-0.4, -0.2) is 24.1 Å². The van der Waals surface area contributed by atoms with E-state index in [0.29, 0.717) is 5.56 Å². The van der Waals surface area contributed by atoms with Crippen LogP contribution in [0.3, 0.4) is 0 Å². The lowest BCUT2D eigenvalue weighted by atomic mass is 10.1. The second-order valence-electron chi connectivity index (χ2n) is 3.24. The van der Waals surface area contributed by atoms with E-state index in [2.05, 4.69) is 15.9 Å². The van der Waals surface area contributed by atoms with Crippen LogP contribution in [0.15, 0.2) is 24.3 Å². The Morgan fingerprint density at radius 3 is 2.33 bits per heavy atom. The zero-order valence-corrected chi connectivity index (χ0v) is 10.2. The standard InChI is InChI=1S/C11H12BrNO2/c1-8(12)11(15)9-3-5-10(6-4-9)13(2)7-14/h3-8H,1-2H3. The molecule has 0 saturated carbocycles. The van der Waals surface area contributed by atoms with Gasteiger partial charge in [0.1, 0.15) is 0 Å². The van der Waals surface area contributed by atoms with Crippen LogP contribution < -0.4 is 4.90 Å². The van der Waals surface area contributed by atoms with Gasteiger partial charge in [0.25, 0.3) is 0 Å². The van der Waals surface area contributed by atoms with Gasteiger partial charge >= 0.3 is 0 Å². The minimum atomic E-state index is -0.188. The Morgan fingerprint density at radius 1 is 1.40 bits per heavy atom. The summed E-state index contributed by atoms with van der Waals surface area (Å²) in [6.07, 6.45) is 0.726. The summed E-state index contributed by atoms with van der Waals surface area (Å²) in [6, 6.07) is 6.93. The van der Waals surface area contributed by atoms with Gasteiger partial charge < -0.3 is 4.90 Å². The number of anilines is 1. The highest BCUT2D eigenvalue weighted by atomic mass is 79.9. The fourth-order valence-corrected chi connectivity index (χ4v) is 1.42. The van der Waals surface area contributed by atoms with Crippen molar-refractivity contribution >= 4 is 33.8 Å². The van der Waals surface area contributed by atoms with Crippen molar-refractivity contribution in [3.05, 3.63) is 29.8 Å². The molecule has 0 aliphatic carbocycles. The van der Waals surface area contributed by atoms with E-state index in [4.69, 9.17) is 0 Å². The van der Waals surface area contributed by atoms with Crippen LogP contribution in [-0.2, 0) is 4.79 Å². The minimum Gasteiger partial charge on any atom is -0.318 e. The van der Waals surface area contributed by atoms with E-state index in [1.807, 2.05) is 0 Å². The number of Topliss-reactive ketones (excluding diaryl/α,β-unsaturated/α-hetero) is 1. The summed E-state index contributed by atoms with van der Waals surface area (Å²) in [5, 5.41) is 0. The van der Waals surface area contributed by atoms with E-state index in [1.165, 1.54) is 4.90 Å². The Balaban J connectivity index is 2.90. The second-order valence-corrected chi connectivity index (χ2v) is 4.62. The first-order valence-electron chi connectivity index (χ1n) is 4.52. The number of carbonyl (C=O) groups excluding carboxylic acids is 2. The van der Waals surface area contributed by atoms with Crippen molar-refractivity contribution in [1.29, 1.82) is 0 Å². The Labute approximate surface area is 97.2 Å². The van der Waals surface area contributed by atoms with E-state index in [1.54, 1.807) is 38.2 Å². The van der Waals surface area contributed by atoms with Gasteiger partial charge in [-0.1, -0.05) is 15.9 Å².